The summed E-state index contributed by atoms with van der Waals surface area (Å²) in [6.07, 6.45) is 16.0. The third-order valence-corrected chi connectivity index (χ3v) is 8.21. The van der Waals surface area contributed by atoms with Gasteiger partial charge in [-0.1, -0.05) is 93.4 Å². The van der Waals surface area contributed by atoms with Crippen LogP contribution in [0.2, 0.25) is 0 Å². The van der Waals surface area contributed by atoms with Crippen molar-refractivity contribution in [1.82, 2.24) is 5.32 Å². The summed E-state index contributed by atoms with van der Waals surface area (Å²) in [7, 11) is 0. The number of hydrogen-bond acceptors (Lipinski definition) is 2. The van der Waals surface area contributed by atoms with E-state index in [9.17, 15) is 0 Å². The minimum Gasteiger partial charge on any atom is -0.330 e. The maximum Gasteiger partial charge on any atom is 0.00722 e. The first-order valence-corrected chi connectivity index (χ1v) is 14.7. The van der Waals surface area contributed by atoms with Gasteiger partial charge in [0.1, 0.15) is 0 Å². The third-order valence-electron chi connectivity index (χ3n) is 8.21. The van der Waals surface area contributed by atoms with Crippen LogP contribution in [0.5, 0.6) is 0 Å². The number of nitrogens with two attached hydrogens (primary N) is 1. The van der Waals surface area contributed by atoms with E-state index in [1.807, 2.05) is 0 Å². The summed E-state index contributed by atoms with van der Waals surface area (Å²) < 4.78 is 0. The van der Waals surface area contributed by atoms with Gasteiger partial charge in [-0.3, -0.25) is 0 Å². The molecular weight excluding hydrogens is 388 g/mol. The highest BCUT2D eigenvalue weighted by atomic mass is 15.0. The summed E-state index contributed by atoms with van der Waals surface area (Å²) >= 11 is 0. The van der Waals surface area contributed by atoms with Crippen LogP contribution in [0.3, 0.4) is 0 Å². The fraction of sp³-hybridized carbons (Fsp3) is 1.00. The summed E-state index contributed by atoms with van der Waals surface area (Å²) in [5, 5.41) is 4.16. The molecule has 0 aromatic heterocycles. The van der Waals surface area contributed by atoms with Crippen molar-refractivity contribution < 1.29 is 0 Å². The second-order valence-corrected chi connectivity index (χ2v) is 11.8. The van der Waals surface area contributed by atoms with E-state index < -0.39 is 0 Å². The molecule has 0 aromatic rings. The minimum atomic E-state index is 0.576. The van der Waals surface area contributed by atoms with E-state index in [4.69, 9.17) is 5.73 Å². The second kappa shape index (κ2) is 19.2. The molecule has 0 bridgehead atoms. The van der Waals surface area contributed by atoms with E-state index in [2.05, 4.69) is 67.6 Å². The van der Waals surface area contributed by atoms with Crippen molar-refractivity contribution in [2.45, 2.75) is 151 Å². The fourth-order valence-electron chi connectivity index (χ4n) is 5.82. The highest BCUT2D eigenvalue weighted by Gasteiger charge is 2.29. The molecule has 0 amide bonds. The van der Waals surface area contributed by atoms with Crippen LogP contribution in [0.4, 0.5) is 0 Å². The van der Waals surface area contributed by atoms with Gasteiger partial charge in [0.05, 0.1) is 0 Å². The third kappa shape index (κ3) is 14.2. The molecule has 2 heteroatoms. The first-order chi connectivity index (χ1) is 15.2. The van der Waals surface area contributed by atoms with E-state index in [0.29, 0.717) is 12.1 Å². The minimum absolute atomic E-state index is 0.576. The van der Waals surface area contributed by atoms with Crippen molar-refractivity contribution in [2.24, 2.45) is 41.2 Å². The summed E-state index contributed by atoms with van der Waals surface area (Å²) in [6, 6.07) is 1.18. The molecule has 0 heterocycles. The predicted molar refractivity (Wildman–Crippen MR) is 147 cm³/mol. The highest BCUT2D eigenvalue weighted by Crippen LogP contribution is 2.33. The van der Waals surface area contributed by atoms with Gasteiger partial charge >= 0.3 is 0 Å². The molecule has 7 unspecified atom stereocenters. The van der Waals surface area contributed by atoms with Crippen LogP contribution >= 0.6 is 0 Å². The largest absolute Gasteiger partial charge is 0.330 e. The molecule has 0 radical (unpaired) electrons. The summed E-state index contributed by atoms with van der Waals surface area (Å²) in [4.78, 5) is 0. The normalized spacial score (nSPS) is 18.8. The lowest BCUT2D eigenvalue weighted by Crippen LogP contribution is -2.45. The van der Waals surface area contributed by atoms with Crippen LogP contribution in [0.1, 0.15) is 139 Å². The van der Waals surface area contributed by atoms with E-state index in [0.717, 1.165) is 48.5 Å². The van der Waals surface area contributed by atoms with Gasteiger partial charge in [-0.2, -0.15) is 0 Å². The lowest BCUT2D eigenvalue weighted by molar-refractivity contribution is 0.169. The van der Waals surface area contributed by atoms with Crippen molar-refractivity contribution in [3.8, 4) is 0 Å². The van der Waals surface area contributed by atoms with Crippen molar-refractivity contribution in [3.63, 3.8) is 0 Å². The topological polar surface area (TPSA) is 38.0 Å². The fourth-order valence-corrected chi connectivity index (χ4v) is 5.82. The highest BCUT2D eigenvalue weighted by molar-refractivity contribution is 4.84. The zero-order valence-corrected chi connectivity index (χ0v) is 23.9. The summed E-state index contributed by atoms with van der Waals surface area (Å²) in [6.45, 7) is 22.5. The molecule has 194 valence electrons. The standard InChI is InChI=1S/C30H64N2/c1-10-14-25(7)22-29(15-11-2)30(16-13-21-31)27(9)32-26(8)28(19-17-23(4)5)20-18-24(6)12-3/h23-30,32H,10-22,31H2,1-9H3. The van der Waals surface area contributed by atoms with E-state index >= 15 is 0 Å². The van der Waals surface area contributed by atoms with Gasteiger partial charge in [-0.05, 0) is 88.0 Å². The molecule has 0 spiro atoms. The van der Waals surface area contributed by atoms with Crippen molar-refractivity contribution >= 4 is 0 Å². The summed E-state index contributed by atoms with van der Waals surface area (Å²) in [5.41, 5.74) is 5.98. The van der Waals surface area contributed by atoms with E-state index in [1.54, 1.807) is 0 Å². The molecule has 2 nitrogen and oxygen atoms in total. The van der Waals surface area contributed by atoms with E-state index in [-0.39, 0.29) is 0 Å². The van der Waals surface area contributed by atoms with Gasteiger partial charge in [0.25, 0.3) is 0 Å². The second-order valence-electron chi connectivity index (χ2n) is 11.8. The first-order valence-electron chi connectivity index (χ1n) is 14.7. The van der Waals surface area contributed by atoms with Gasteiger partial charge in [0.2, 0.25) is 0 Å². The Kier molecular flexibility index (Phi) is 19.2. The van der Waals surface area contributed by atoms with Crippen LogP contribution in [0.15, 0.2) is 0 Å². The summed E-state index contributed by atoms with van der Waals surface area (Å²) in [5.74, 6) is 4.88. The van der Waals surface area contributed by atoms with Crippen molar-refractivity contribution in [2.75, 3.05) is 6.54 Å². The maximum absolute atomic E-state index is 5.98. The molecule has 0 fully saturated rings. The van der Waals surface area contributed by atoms with Crippen LogP contribution in [0.25, 0.3) is 0 Å². The van der Waals surface area contributed by atoms with Gasteiger partial charge in [0, 0.05) is 12.1 Å². The monoisotopic (exact) mass is 453 g/mol. The van der Waals surface area contributed by atoms with Crippen LogP contribution < -0.4 is 11.1 Å². The van der Waals surface area contributed by atoms with Crippen LogP contribution in [-0.4, -0.2) is 18.6 Å². The zero-order valence-electron chi connectivity index (χ0n) is 23.9. The molecule has 0 saturated carbocycles. The Morgan fingerprint density at radius 2 is 1.25 bits per heavy atom. The number of hydrogen-bond donors (Lipinski definition) is 2. The Bertz CT molecular complexity index is 408. The Morgan fingerprint density at radius 3 is 1.78 bits per heavy atom. The molecule has 3 N–H and O–H groups in total. The number of nitrogens with one attached hydrogen (secondary N) is 1. The molecule has 32 heavy (non-hydrogen) atoms. The van der Waals surface area contributed by atoms with Gasteiger partial charge in [-0.25, -0.2) is 0 Å². The van der Waals surface area contributed by atoms with Crippen LogP contribution in [-0.2, 0) is 0 Å². The molecule has 0 aromatic carbocycles. The molecule has 0 aliphatic rings. The Labute approximate surface area is 204 Å². The molecule has 0 aliphatic carbocycles. The first kappa shape index (κ1) is 31.9. The smallest absolute Gasteiger partial charge is 0.00722 e. The van der Waals surface area contributed by atoms with Gasteiger partial charge in [0.15, 0.2) is 0 Å². The maximum atomic E-state index is 5.98. The molecule has 0 aliphatic heterocycles. The molecule has 0 rings (SSSR count). The van der Waals surface area contributed by atoms with E-state index in [1.165, 1.54) is 70.6 Å². The Balaban J connectivity index is 5.31. The quantitative estimate of drug-likeness (QED) is 0.182. The SMILES string of the molecule is CCCC(C)CC(CCC)C(CCCN)C(C)NC(C)C(CCC(C)C)CCC(C)CC. The lowest BCUT2D eigenvalue weighted by Gasteiger charge is -2.37. The van der Waals surface area contributed by atoms with Gasteiger partial charge < -0.3 is 11.1 Å². The predicted octanol–water partition coefficient (Wildman–Crippen LogP) is 8.83. The number of rotatable bonds is 21. The average Bonchev–Trinajstić information content (AvgIpc) is 2.73. The van der Waals surface area contributed by atoms with Crippen molar-refractivity contribution in [1.29, 1.82) is 0 Å². The van der Waals surface area contributed by atoms with Gasteiger partial charge in [-0.15, -0.1) is 0 Å². The lowest BCUT2D eigenvalue weighted by atomic mass is 9.75. The average molecular weight is 453 g/mol. The van der Waals surface area contributed by atoms with Crippen molar-refractivity contribution in [3.05, 3.63) is 0 Å². The van der Waals surface area contributed by atoms with Crippen LogP contribution in [0, 0.1) is 35.5 Å². The molecule has 0 saturated heterocycles. The molecular formula is C30H64N2. The Hall–Kier alpha value is -0.0800. The molecule has 7 atom stereocenters. The zero-order chi connectivity index (χ0) is 24.5. The Morgan fingerprint density at radius 1 is 0.625 bits per heavy atom.